The average Bonchev–Trinajstić information content (AvgIpc) is 2.67. The quantitative estimate of drug-likeness (QED) is 0.671. The maximum absolute atomic E-state index is 10.8. The summed E-state index contributed by atoms with van der Waals surface area (Å²) < 4.78 is 0.489. The van der Waals surface area contributed by atoms with Gasteiger partial charge in [-0.2, -0.15) is 0 Å². The fourth-order valence-electron chi connectivity index (χ4n) is 2.08. The molecule has 1 aliphatic carbocycles. The van der Waals surface area contributed by atoms with Crippen molar-refractivity contribution in [3.8, 4) is 0 Å². The first-order valence-corrected chi connectivity index (χ1v) is 5.80. The molecule has 1 saturated carbocycles. The molecule has 1 fully saturated rings. The van der Waals surface area contributed by atoms with Gasteiger partial charge in [0, 0.05) is 11.6 Å². The fraction of sp³-hybridized carbons (Fsp3) is 0.455. The Morgan fingerprint density at radius 3 is 2.50 bits per heavy atom. The molecule has 5 heteroatoms. The van der Waals surface area contributed by atoms with Gasteiger partial charge < -0.3 is 5.73 Å². The highest BCUT2D eigenvalue weighted by atomic mass is 79.9. The van der Waals surface area contributed by atoms with Crippen molar-refractivity contribution in [3.05, 3.63) is 38.3 Å². The summed E-state index contributed by atoms with van der Waals surface area (Å²) >= 11 is 3.16. The summed E-state index contributed by atoms with van der Waals surface area (Å²) in [6.45, 7) is 4.14. The molecule has 86 valence electrons. The number of benzene rings is 1. The van der Waals surface area contributed by atoms with Crippen LogP contribution in [-0.2, 0) is 5.54 Å². The van der Waals surface area contributed by atoms with E-state index >= 15 is 0 Å². The maximum Gasteiger partial charge on any atom is 0.283 e. The molecule has 0 aliphatic heterocycles. The van der Waals surface area contributed by atoms with Crippen molar-refractivity contribution in [3.63, 3.8) is 0 Å². The zero-order valence-corrected chi connectivity index (χ0v) is 10.7. The van der Waals surface area contributed by atoms with Crippen LogP contribution in [0.5, 0.6) is 0 Å². The van der Waals surface area contributed by atoms with Crippen LogP contribution < -0.4 is 5.73 Å². The van der Waals surface area contributed by atoms with Crippen LogP contribution in [0.4, 0.5) is 5.69 Å². The molecule has 0 aromatic heterocycles. The van der Waals surface area contributed by atoms with Crippen molar-refractivity contribution >= 4 is 21.6 Å². The van der Waals surface area contributed by atoms with Gasteiger partial charge >= 0.3 is 0 Å². The smallest absolute Gasteiger partial charge is 0.283 e. The average molecular weight is 285 g/mol. The van der Waals surface area contributed by atoms with Crippen LogP contribution in [0.2, 0.25) is 0 Å². The maximum atomic E-state index is 10.8. The SMILES string of the molecule is CC1(C)CC1(N)c1ccc(Br)c([N+](=O)[O-])c1. The summed E-state index contributed by atoms with van der Waals surface area (Å²) in [5.41, 5.74) is 6.75. The third-order valence-electron chi connectivity index (χ3n) is 3.46. The Labute approximate surface area is 102 Å². The van der Waals surface area contributed by atoms with E-state index in [1.165, 1.54) is 0 Å². The molecule has 1 unspecified atom stereocenters. The Morgan fingerprint density at radius 1 is 1.50 bits per heavy atom. The van der Waals surface area contributed by atoms with Crippen LogP contribution in [0, 0.1) is 15.5 Å². The van der Waals surface area contributed by atoms with Gasteiger partial charge in [-0.25, -0.2) is 0 Å². The highest BCUT2D eigenvalue weighted by molar-refractivity contribution is 9.10. The minimum atomic E-state index is -0.418. The van der Waals surface area contributed by atoms with Crippen molar-refractivity contribution < 1.29 is 4.92 Å². The van der Waals surface area contributed by atoms with E-state index in [0.29, 0.717) is 4.47 Å². The molecule has 1 aromatic rings. The van der Waals surface area contributed by atoms with Crippen molar-refractivity contribution in [1.82, 2.24) is 0 Å². The van der Waals surface area contributed by atoms with Crippen LogP contribution in [0.15, 0.2) is 22.7 Å². The molecule has 16 heavy (non-hydrogen) atoms. The van der Waals surface area contributed by atoms with E-state index in [1.54, 1.807) is 12.1 Å². The second kappa shape index (κ2) is 3.28. The molecule has 1 aromatic carbocycles. The molecule has 0 heterocycles. The van der Waals surface area contributed by atoms with Crippen molar-refractivity contribution in [1.29, 1.82) is 0 Å². The molecule has 0 spiro atoms. The number of hydrogen-bond acceptors (Lipinski definition) is 3. The second-order valence-corrected chi connectivity index (χ2v) is 5.81. The minimum Gasteiger partial charge on any atom is -0.321 e. The Balaban J connectivity index is 2.46. The van der Waals surface area contributed by atoms with Gasteiger partial charge in [0.2, 0.25) is 0 Å². The molecular weight excluding hydrogens is 272 g/mol. The van der Waals surface area contributed by atoms with Gasteiger partial charge in [0.1, 0.15) is 0 Å². The van der Waals surface area contributed by atoms with E-state index in [4.69, 9.17) is 5.73 Å². The topological polar surface area (TPSA) is 69.2 Å². The van der Waals surface area contributed by atoms with Gasteiger partial charge in [-0.05, 0) is 39.4 Å². The summed E-state index contributed by atoms with van der Waals surface area (Å²) in [4.78, 5) is 10.4. The first-order chi connectivity index (χ1) is 7.28. The Kier molecular flexibility index (Phi) is 2.36. The standard InChI is InChI=1S/C11H13BrN2O2/c1-10(2)6-11(10,13)7-3-4-8(12)9(5-7)14(15)16/h3-5H,6,13H2,1-2H3. The number of halogens is 1. The predicted octanol–water partition coefficient (Wildman–Crippen LogP) is 2.94. The molecule has 1 atom stereocenters. The van der Waals surface area contributed by atoms with Crippen molar-refractivity contribution in [2.24, 2.45) is 11.1 Å². The third kappa shape index (κ3) is 1.55. The highest BCUT2D eigenvalue weighted by Gasteiger charge is 2.59. The summed E-state index contributed by atoms with van der Waals surface area (Å²) in [5, 5.41) is 10.8. The second-order valence-electron chi connectivity index (χ2n) is 4.96. The molecule has 0 radical (unpaired) electrons. The molecule has 0 saturated heterocycles. The molecule has 4 nitrogen and oxygen atoms in total. The lowest BCUT2D eigenvalue weighted by atomic mass is 9.97. The zero-order chi connectivity index (χ0) is 12.1. The van der Waals surface area contributed by atoms with Gasteiger partial charge in [-0.15, -0.1) is 0 Å². The van der Waals surface area contributed by atoms with Gasteiger partial charge in [0.25, 0.3) is 5.69 Å². The summed E-state index contributed by atoms with van der Waals surface area (Å²) in [6, 6.07) is 5.11. The molecule has 0 bridgehead atoms. The lowest BCUT2D eigenvalue weighted by Crippen LogP contribution is -2.25. The van der Waals surface area contributed by atoms with Crippen molar-refractivity contribution in [2.45, 2.75) is 25.8 Å². The lowest BCUT2D eigenvalue weighted by Gasteiger charge is -2.15. The Morgan fingerprint density at radius 2 is 2.06 bits per heavy atom. The van der Waals surface area contributed by atoms with E-state index in [-0.39, 0.29) is 11.1 Å². The Bertz CT molecular complexity index is 473. The fourth-order valence-corrected chi connectivity index (χ4v) is 2.47. The number of nitro groups is 1. The largest absolute Gasteiger partial charge is 0.321 e. The molecule has 2 N–H and O–H groups in total. The third-order valence-corrected chi connectivity index (χ3v) is 4.13. The normalized spacial score (nSPS) is 26.5. The van der Waals surface area contributed by atoms with Gasteiger partial charge in [-0.3, -0.25) is 10.1 Å². The van der Waals surface area contributed by atoms with E-state index in [2.05, 4.69) is 29.8 Å². The number of nitrogens with two attached hydrogens (primary N) is 1. The molecule has 2 rings (SSSR count). The predicted molar refractivity (Wildman–Crippen MR) is 65.1 cm³/mol. The Hall–Kier alpha value is -0.940. The van der Waals surface area contributed by atoms with Crippen LogP contribution in [0.3, 0.4) is 0 Å². The first-order valence-electron chi connectivity index (χ1n) is 5.01. The van der Waals surface area contributed by atoms with Crippen LogP contribution in [0.1, 0.15) is 25.8 Å². The van der Waals surface area contributed by atoms with E-state index < -0.39 is 10.5 Å². The summed E-state index contributed by atoms with van der Waals surface area (Å²) in [6.07, 6.45) is 0.860. The summed E-state index contributed by atoms with van der Waals surface area (Å²) in [5.74, 6) is 0. The van der Waals surface area contributed by atoms with E-state index in [9.17, 15) is 10.1 Å². The number of nitro benzene ring substituents is 1. The van der Waals surface area contributed by atoms with Gasteiger partial charge in [0.05, 0.1) is 9.40 Å². The van der Waals surface area contributed by atoms with Gasteiger partial charge in [-0.1, -0.05) is 19.9 Å². The number of hydrogen-bond donors (Lipinski definition) is 1. The lowest BCUT2D eigenvalue weighted by molar-refractivity contribution is -0.385. The zero-order valence-electron chi connectivity index (χ0n) is 9.16. The van der Waals surface area contributed by atoms with Crippen molar-refractivity contribution in [2.75, 3.05) is 0 Å². The van der Waals surface area contributed by atoms with E-state index in [1.807, 2.05) is 6.07 Å². The van der Waals surface area contributed by atoms with Crippen LogP contribution in [-0.4, -0.2) is 4.92 Å². The first kappa shape index (κ1) is 11.5. The molecular formula is C11H13BrN2O2. The van der Waals surface area contributed by atoms with Gasteiger partial charge in [0.15, 0.2) is 0 Å². The van der Waals surface area contributed by atoms with E-state index in [0.717, 1.165) is 12.0 Å². The minimum absolute atomic E-state index is 0.0225. The molecule has 1 aliphatic rings. The van der Waals surface area contributed by atoms with Crippen LogP contribution >= 0.6 is 15.9 Å². The number of rotatable bonds is 2. The van der Waals surface area contributed by atoms with Crippen LogP contribution in [0.25, 0.3) is 0 Å². The summed E-state index contributed by atoms with van der Waals surface area (Å²) in [7, 11) is 0. The highest BCUT2D eigenvalue weighted by Crippen LogP contribution is 2.60. The number of nitrogens with zero attached hydrogens (tertiary/aromatic N) is 1. The monoisotopic (exact) mass is 284 g/mol. The molecule has 0 amide bonds.